The lowest BCUT2D eigenvalue weighted by atomic mass is 10.2. The van der Waals surface area contributed by atoms with Crippen LogP contribution in [0.5, 0.6) is 0 Å². The summed E-state index contributed by atoms with van der Waals surface area (Å²) in [5.74, 6) is 0. The fourth-order valence-electron chi connectivity index (χ4n) is 1.20. The van der Waals surface area contributed by atoms with E-state index in [-0.39, 0.29) is 5.50 Å². The summed E-state index contributed by atoms with van der Waals surface area (Å²) in [6, 6.07) is 2.07. The number of thiophene rings is 1. The van der Waals surface area contributed by atoms with Crippen molar-refractivity contribution in [1.29, 1.82) is 0 Å². The third kappa shape index (κ3) is 1.37. The molecule has 0 amide bonds. The largest absolute Gasteiger partial charge is 0.364 e. The van der Waals surface area contributed by atoms with Crippen LogP contribution in [0, 0.1) is 0 Å². The van der Waals surface area contributed by atoms with Gasteiger partial charge in [0.2, 0.25) is 0 Å². The molecule has 1 aromatic heterocycles. The van der Waals surface area contributed by atoms with Crippen LogP contribution in [0.3, 0.4) is 0 Å². The Morgan fingerprint density at radius 3 is 3.33 bits per heavy atom. The van der Waals surface area contributed by atoms with E-state index in [0.717, 1.165) is 10.5 Å². The van der Waals surface area contributed by atoms with Crippen molar-refractivity contribution in [3.8, 4) is 0 Å². The van der Waals surface area contributed by atoms with Gasteiger partial charge in [0, 0.05) is 5.56 Å². The van der Waals surface area contributed by atoms with Crippen LogP contribution < -0.4 is 5.32 Å². The first-order chi connectivity index (χ1) is 5.68. The molecular formula is C7H8BrClN2S. The highest BCUT2D eigenvalue weighted by molar-refractivity contribution is 9.11. The lowest BCUT2D eigenvalue weighted by molar-refractivity contribution is 0.326. The lowest BCUT2D eigenvalue weighted by Gasteiger charge is -2.28. The first kappa shape index (κ1) is 8.81. The van der Waals surface area contributed by atoms with Gasteiger partial charge in [-0.25, -0.2) is 0 Å². The van der Waals surface area contributed by atoms with E-state index in [4.69, 9.17) is 11.6 Å². The van der Waals surface area contributed by atoms with E-state index in [0.29, 0.717) is 0 Å². The quantitative estimate of drug-likeness (QED) is 0.574. The summed E-state index contributed by atoms with van der Waals surface area (Å²) in [6.07, 6.45) is 0. The smallest absolute Gasteiger partial charge is 0.115 e. The number of hydrogen-bond acceptors (Lipinski definition) is 3. The molecule has 2 nitrogen and oxygen atoms in total. The van der Waals surface area contributed by atoms with Gasteiger partial charge in [0.15, 0.2) is 0 Å². The fraction of sp³-hybridized carbons (Fsp3) is 0.429. The zero-order chi connectivity index (χ0) is 8.72. The second-order valence-corrected chi connectivity index (χ2v) is 5.61. The molecule has 2 heterocycles. The number of nitrogens with zero attached hydrogens (tertiary/aromatic N) is 1. The third-order valence-corrected chi connectivity index (χ3v) is 4.04. The van der Waals surface area contributed by atoms with Crippen LogP contribution in [0.2, 0.25) is 0 Å². The molecule has 66 valence electrons. The molecule has 1 aliphatic heterocycles. The van der Waals surface area contributed by atoms with Crippen LogP contribution in [-0.2, 0) is 0 Å². The van der Waals surface area contributed by atoms with Crippen molar-refractivity contribution >= 4 is 43.9 Å². The highest BCUT2D eigenvalue weighted by Gasteiger charge is 2.24. The summed E-state index contributed by atoms with van der Waals surface area (Å²) in [6.45, 7) is 0.814. The first-order valence-corrected chi connectivity index (χ1v) is 5.60. The number of hydrogen-bond donors (Lipinski definition) is 1. The number of anilines is 1. The number of rotatable bonds is 0. The molecule has 0 bridgehead atoms. The summed E-state index contributed by atoms with van der Waals surface area (Å²) in [5, 5.41) is 4.47. The van der Waals surface area contributed by atoms with Crippen LogP contribution >= 0.6 is 38.9 Å². The van der Waals surface area contributed by atoms with Crippen molar-refractivity contribution in [2.24, 2.45) is 0 Å². The maximum Gasteiger partial charge on any atom is 0.115 e. The highest BCUT2D eigenvalue weighted by atomic mass is 79.9. The zero-order valence-corrected chi connectivity index (χ0v) is 9.63. The van der Waals surface area contributed by atoms with Gasteiger partial charge < -0.3 is 5.32 Å². The molecule has 1 N–H and O–H groups in total. The van der Waals surface area contributed by atoms with Gasteiger partial charge in [-0.1, -0.05) is 0 Å². The molecule has 5 heteroatoms. The molecule has 1 atom stereocenters. The average molecular weight is 268 g/mol. The average Bonchev–Trinajstić information content (AvgIpc) is 2.39. The van der Waals surface area contributed by atoms with E-state index in [1.54, 1.807) is 11.3 Å². The molecule has 0 spiro atoms. The monoisotopic (exact) mass is 266 g/mol. The number of halogens is 2. The predicted octanol–water partition coefficient (Wildman–Crippen LogP) is 3.06. The predicted molar refractivity (Wildman–Crippen MR) is 56.9 cm³/mol. The lowest BCUT2D eigenvalue weighted by Crippen LogP contribution is -2.31. The Hall–Kier alpha value is 0.230. The van der Waals surface area contributed by atoms with E-state index in [1.807, 2.05) is 7.05 Å². The van der Waals surface area contributed by atoms with Gasteiger partial charge in [-0.2, -0.15) is 0 Å². The summed E-state index contributed by atoms with van der Waals surface area (Å²) in [5.41, 5.74) is 1.17. The minimum Gasteiger partial charge on any atom is -0.364 e. The van der Waals surface area contributed by atoms with Crippen LogP contribution in [0.15, 0.2) is 9.85 Å². The van der Waals surface area contributed by atoms with E-state index < -0.39 is 0 Å². The summed E-state index contributed by atoms with van der Waals surface area (Å²) in [4.78, 5) is 2.06. The van der Waals surface area contributed by atoms with Gasteiger partial charge in [0.25, 0.3) is 0 Å². The maximum absolute atomic E-state index is 6.18. The first-order valence-electron chi connectivity index (χ1n) is 3.56. The topological polar surface area (TPSA) is 15.3 Å². The van der Waals surface area contributed by atoms with Crippen LogP contribution in [-0.4, -0.2) is 18.6 Å². The van der Waals surface area contributed by atoms with Crippen LogP contribution in [0.25, 0.3) is 0 Å². The highest BCUT2D eigenvalue weighted by Crippen LogP contribution is 2.41. The third-order valence-electron chi connectivity index (χ3n) is 1.86. The normalized spacial score (nSPS) is 23.4. The van der Waals surface area contributed by atoms with Crippen molar-refractivity contribution in [3.05, 3.63) is 15.4 Å². The maximum atomic E-state index is 6.18. The molecule has 0 radical (unpaired) electrons. The van der Waals surface area contributed by atoms with Crippen molar-refractivity contribution in [1.82, 2.24) is 4.90 Å². The van der Waals surface area contributed by atoms with Crippen molar-refractivity contribution in [3.63, 3.8) is 0 Å². The minimum absolute atomic E-state index is 0.00352. The number of alkyl halides is 1. The summed E-state index contributed by atoms with van der Waals surface area (Å²) >= 11 is 11.3. The van der Waals surface area contributed by atoms with Crippen LogP contribution in [0.1, 0.15) is 11.1 Å². The SMILES string of the molecule is CN1CNc2sc(Br)cc2C1Cl. The van der Waals surface area contributed by atoms with E-state index >= 15 is 0 Å². The molecule has 1 unspecified atom stereocenters. The molecule has 0 aromatic carbocycles. The molecule has 12 heavy (non-hydrogen) atoms. The van der Waals surface area contributed by atoms with E-state index in [2.05, 4.69) is 32.2 Å². The molecule has 0 saturated heterocycles. The number of nitrogens with one attached hydrogen (secondary N) is 1. The standard InChI is InChI=1S/C7H8BrClN2S/c1-11-3-10-7-4(6(11)9)2-5(8)12-7/h2,6,10H,3H2,1H3. The van der Waals surface area contributed by atoms with E-state index in [1.165, 1.54) is 10.6 Å². The minimum atomic E-state index is 0.00352. The van der Waals surface area contributed by atoms with Gasteiger partial charge in [0.1, 0.15) is 5.50 Å². The molecule has 1 aliphatic rings. The van der Waals surface area contributed by atoms with Crippen molar-refractivity contribution in [2.75, 3.05) is 19.0 Å². The zero-order valence-electron chi connectivity index (χ0n) is 6.47. The molecule has 2 rings (SSSR count). The molecule has 1 aromatic rings. The molecular weight excluding hydrogens is 260 g/mol. The number of fused-ring (bicyclic) bond motifs is 1. The van der Waals surface area contributed by atoms with Crippen LogP contribution in [0.4, 0.5) is 5.00 Å². The Balaban J connectivity index is 2.41. The van der Waals surface area contributed by atoms with Gasteiger partial charge in [-0.3, -0.25) is 4.90 Å². The fourth-order valence-corrected chi connectivity index (χ4v) is 3.05. The Kier molecular flexibility index (Phi) is 2.33. The van der Waals surface area contributed by atoms with Crippen molar-refractivity contribution in [2.45, 2.75) is 5.50 Å². The second-order valence-electron chi connectivity index (χ2n) is 2.76. The van der Waals surface area contributed by atoms with Gasteiger partial charge in [-0.15, -0.1) is 22.9 Å². The second kappa shape index (κ2) is 3.18. The Bertz CT molecular complexity index is 302. The Labute approximate surface area is 88.6 Å². The van der Waals surface area contributed by atoms with Gasteiger partial charge in [0.05, 0.1) is 15.5 Å². The molecule has 0 fully saturated rings. The molecule has 0 saturated carbocycles. The molecule has 0 aliphatic carbocycles. The van der Waals surface area contributed by atoms with E-state index in [9.17, 15) is 0 Å². The van der Waals surface area contributed by atoms with Gasteiger partial charge >= 0.3 is 0 Å². The Morgan fingerprint density at radius 1 is 1.83 bits per heavy atom. The Morgan fingerprint density at radius 2 is 2.58 bits per heavy atom. The summed E-state index contributed by atoms with van der Waals surface area (Å²) in [7, 11) is 2.00. The summed E-state index contributed by atoms with van der Waals surface area (Å²) < 4.78 is 1.13. The van der Waals surface area contributed by atoms with Gasteiger partial charge in [-0.05, 0) is 29.0 Å². The van der Waals surface area contributed by atoms with Crippen molar-refractivity contribution < 1.29 is 0 Å².